The van der Waals surface area contributed by atoms with Crippen molar-refractivity contribution >= 4 is 122 Å². The predicted octanol–water partition coefficient (Wildman–Crippen LogP) is 16.0. The molecule has 0 aromatic heterocycles. The fourth-order valence-corrected chi connectivity index (χ4v) is 17.1. The highest BCUT2D eigenvalue weighted by Gasteiger charge is 2.02. The van der Waals surface area contributed by atoms with Crippen molar-refractivity contribution in [2.24, 2.45) is 0 Å². The third-order valence-electron chi connectivity index (χ3n) is 12.7. The van der Waals surface area contributed by atoms with Crippen molar-refractivity contribution in [3.63, 3.8) is 0 Å². The molecule has 0 aliphatic carbocycles. The number of hydrogen-bond donors (Lipinski definition) is 0. The SMILES string of the molecule is c1ccc(PCCCCCCPc2ccccc2)cc1.c1ccc(PCCCCPc2ccccc2)cc1.c1ccc(PCc2ccc(CPc3ccccc3)cc2)cc1.c1ccc(Pc2ccc(Pc3ccccc3)cc2)cc1. The Morgan fingerprint density at radius 1 is 0.163 bits per heavy atom. The highest BCUT2D eigenvalue weighted by molar-refractivity contribution is 7.56. The van der Waals surface area contributed by atoms with E-state index in [-0.39, 0.29) is 0 Å². The smallest absolute Gasteiger partial charge is 0.00602 e. The molecule has 0 amide bonds. The monoisotopic (exact) mass is 1190 g/mol. The van der Waals surface area contributed by atoms with E-state index >= 15 is 0 Å². The molecule has 10 aromatic rings. The van der Waals surface area contributed by atoms with Crippen LogP contribution in [-0.4, -0.2) is 24.6 Å². The zero-order valence-corrected chi connectivity index (χ0v) is 54.2. The molecule has 0 radical (unpaired) electrons. The summed E-state index contributed by atoms with van der Waals surface area (Å²) >= 11 is 0. The first kappa shape index (κ1) is 63.2. The van der Waals surface area contributed by atoms with Crippen LogP contribution in [0.25, 0.3) is 0 Å². The summed E-state index contributed by atoms with van der Waals surface area (Å²) < 4.78 is 0. The van der Waals surface area contributed by atoms with Crippen molar-refractivity contribution in [1.82, 2.24) is 0 Å². The number of benzene rings is 10. The summed E-state index contributed by atoms with van der Waals surface area (Å²) in [4.78, 5) is 0. The molecule has 0 nitrogen and oxygen atoms in total. The van der Waals surface area contributed by atoms with Crippen LogP contribution in [0.5, 0.6) is 0 Å². The van der Waals surface area contributed by atoms with Gasteiger partial charge in [-0.15, -0.1) is 0 Å². The van der Waals surface area contributed by atoms with Crippen LogP contribution in [-0.2, 0) is 12.3 Å². The molecule has 0 saturated carbocycles. The summed E-state index contributed by atoms with van der Waals surface area (Å²) in [6.07, 6.45) is 16.0. The first-order valence-electron chi connectivity index (χ1n) is 28.3. The van der Waals surface area contributed by atoms with Gasteiger partial charge in [-0.25, -0.2) is 0 Å². The second-order valence-electron chi connectivity index (χ2n) is 19.1. The van der Waals surface area contributed by atoms with E-state index in [0.717, 1.165) is 81.0 Å². The van der Waals surface area contributed by atoms with Gasteiger partial charge < -0.3 is 0 Å². The van der Waals surface area contributed by atoms with Gasteiger partial charge in [-0.3, -0.25) is 0 Å². The lowest BCUT2D eigenvalue weighted by atomic mass is 10.2. The Hall–Kier alpha value is -4.36. The minimum Gasteiger partial charge on any atom is -0.0904 e. The largest absolute Gasteiger partial charge is 0.0904 e. The molecular formula is C72H80P8. The van der Waals surface area contributed by atoms with Gasteiger partial charge in [0.1, 0.15) is 0 Å². The van der Waals surface area contributed by atoms with Crippen LogP contribution in [0, 0.1) is 0 Å². The minimum absolute atomic E-state index is 0.744. The molecule has 0 bridgehead atoms. The lowest BCUT2D eigenvalue weighted by Gasteiger charge is -2.05. The molecule has 8 heteroatoms. The van der Waals surface area contributed by atoms with Gasteiger partial charge >= 0.3 is 0 Å². The average Bonchev–Trinajstić information content (AvgIpc) is 3.53. The van der Waals surface area contributed by atoms with Crippen LogP contribution in [0.3, 0.4) is 0 Å². The molecule has 408 valence electrons. The second-order valence-corrected chi connectivity index (χ2v) is 30.2. The maximum atomic E-state index is 2.29. The topological polar surface area (TPSA) is 0 Å². The van der Waals surface area contributed by atoms with Gasteiger partial charge in [0.05, 0.1) is 0 Å². The van der Waals surface area contributed by atoms with E-state index in [4.69, 9.17) is 0 Å². The Morgan fingerprint density at radius 3 is 0.588 bits per heavy atom. The highest BCUT2D eigenvalue weighted by Crippen LogP contribution is 2.23. The Bertz CT molecular complexity index is 2830. The first-order chi connectivity index (χ1) is 39.7. The zero-order valence-electron chi connectivity index (χ0n) is 46.2. The zero-order chi connectivity index (χ0) is 55.0. The molecule has 8 atom stereocenters. The molecule has 0 heterocycles. The van der Waals surface area contributed by atoms with Crippen LogP contribution in [0.15, 0.2) is 291 Å². The van der Waals surface area contributed by atoms with Crippen molar-refractivity contribution in [1.29, 1.82) is 0 Å². The molecule has 0 spiro atoms. The Kier molecular flexibility index (Phi) is 32.2. The minimum atomic E-state index is 0.744. The molecule has 0 aliphatic rings. The second kappa shape index (κ2) is 40.8. The number of hydrogen-bond acceptors (Lipinski definition) is 0. The Labute approximate surface area is 496 Å². The van der Waals surface area contributed by atoms with Crippen LogP contribution in [0.1, 0.15) is 49.7 Å². The number of rotatable bonds is 26. The predicted molar refractivity (Wildman–Crippen MR) is 382 cm³/mol. The van der Waals surface area contributed by atoms with E-state index in [2.05, 4.69) is 291 Å². The molecule has 80 heavy (non-hydrogen) atoms. The van der Waals surface area contributed by atoms with Crippen LogP contribution in [0.2, 0.25) is 0 Å². The fourth-order valence-electron chi connectivity index (χ4n) is 8.32. The maximum Gasteiger partial charge on any atom is -0.00602 e. The molecule has 8 unspecified atom stereocenters. The molecule has 10 rings (SSSR count). The van der Waals surface area contributed by atoms with E-state index < -0.39 is 0 Å². The van der Waals surface area contributed by atoms with Gasteiger partial charge in [-0.1, -0.05) is 373 Å². The molecule has 0 N–H and O–H groups in total. The summed E-state index contributed by atoms with van der Waals surface area (Å²) in [6.45, 7) is 0. The quantitative estimate of drug-likeness (QED) is 0.0374. The lowest BCUT2D eigenvalue weighted by Crippen LogP contribution is -2.07. The normalized spacial score (nSPS) is 11.7. The summed E-state index contributed by atoms with van der Waals surface area (Å²) in [7, 11) is 7.17. The number of unbranched alkanes of at least 4 members (excludes halogenated alkanes) is 4. The average molecular weight is 1190 g/mol. The third-order valence-corrected chi connectivity index (χ3v) is 23.2. The first-order valence-corrected chi connectivity index (χ1v) is 37.5. The molecule has 0 saturated heterocycles. The van der Waals surface area contributed by atoms with E-state index in [9.17, 15) is 0 Å². The van der Waals surface area contributed by atoms with Gasteiger partial charge in [-0.05, 0) is 127 Å². The summed E-state index contributed by atoms with van der Waals surface area (Å²) in [5.74, 6) is 0. The van der Waals surface area contributed by atoms with Gasteiger partial charge in [0.2, 0.25) is 0 Å². The van der Waals surface area contributed by atoms with Crippen LogP contribution >= 0.6 is 68.6 Å². The van der Waals surface area contributed by atoms with E-state index in [1.54, 1.807) is 0 Å². The van der Waals surface area contributed by atoms with Gasteiger partial charge in [-0.2, -0.15) is 0 Å². The van der Waals surface area contributed by atoms with Crippen LogP contribution in [0.4, 0.5) is 0 Å². The Balaban J connectivity index is 0.000000154. The Morgan fingerprint density at radius 2 is 0.350 bits per heavy atom. The van der Waals surface area contributed by atoms with E-state index in [1.165, 1.54) is 127 Å². The van der Waals surface area contributed by atoms with E-state index in [0.29, 0.717) is 0 Å². The molecule has 0 aliphatic heterocycles. The van der Waals surface area contributed by atoms with Gasteiger partial charge in [0.25, 0.3) is 0 Å². The van der Waals surface area contributed by atoms with Crippen molar-refractivity contribution in [2.45, 2.75) is 50.8 Å². The lowest BCUT2D eigenvalue weighted by molar-refractivity contribution is 0.710. The van der Waals surface area contributed by atoms with Crippen molar-refractivity contribution in [2.75, 3.05) is 24.6 Å². The van der Waals surface area contributed by atoms with Crippen molar-refractivity contribution in [3.8, 4) is 0 Å². The molecule has 10 aromatic carbocycles. The third kappa shape index (κ3) is 28.1. The standard InChI is InChI=1S/C20H20P2.C18H16P2.C18H24P2.C16H20P2/c1-3-7-19(8-4-1)21-15-17-11-13-18(14-12-17)16-22-20-9-5-2-6-10-20;1-3-7-15(8-4-1)19-17-11-13-18(14-12-17)20-16-9-5-2-6-10-16;1(9-15-19-17-11-5-3-6-12-17)2-10-16-20-18-13-7-4-8-14-18;1-3-9-15(10-4-1)17-13-7-8-14-18-16-11-5-2-6-12-16/h1-14,21-22H,15-16H2;1-14,19-20H;3-8,11-14,19-20H,1-2,9-10,15-16H2;1-6,9-12,17-18H,7-8,13-14H2. The van der Waals surface area contributed by atoms with Gasteiger partial charge in [0, 0.05) is 0 Å². The van der Waals surface area contributed by atoms with E-state index in [1.807, 2.05) is 0 Å². The molecule has 0 fully saturated rings. The van der Waals surface area contributed by atoms with Crippen molar-refractivity contribution in [3.05, 3.63) is 302 Å². The summed E-state index contributed by atoms with van der Waals surface area (Å²) in [6, 6.07) is 105. The summed E-state index contributed by atoms with van der Waals surface area (Å²) in [5.41, 5.74) is 2.88. The molecular weight excluding hydrogens is 1110 g/mol. The fraction of sp³-hybridized carbons (Fsp3) is 0.167. The van der Waals surface area contributed by atoms with Crippen LogP contribution < -0.4 is 53.0 Å². The highest BCUT2D eigenvalue weighted by atomic mass is 31.1. The maximum absolute atomic E-state index is 2.29. The van der Waals surface area contributed by atoms with Gasteiger partial charge in [0.15, 0.2) is 0 Å². The van der Waals surface area contributed by atoms with Crippen molar-refractivity contribution < 1.29 is 0 Å². The summed E-state index contributed by atoms with van der Waals surface area (Å²) in [5, 5.41) is 14.5.